The summed E-state index contributed by atoms with van der Waals surface area (Å²) in [5, 5.41) is 3.75. The Morgan fingerprint density at radius 1 is 0.848 bits per heavy atom. The third-order valence-electron chi connectivity index (χ3n) is 7.85. The van der Waals surface area contributed by atoms with Crippen LogP contribution >= 0.6 is 23.2 Å². The van der Waals surface area contributed by atoms with E-state index in [1.54, 1.807) is 48.5 Å². The van der Waals surface area contributed by atoms with E-state index >= 15 is 0 Å². The van der Waals surface area contributed by atoms with Crippen LogP contribution in [0.3, 0.4) is 0 Å². The van der Waals surface area contributed by atoms with Crippen LogP contribution < -0.4 is 9.62 Å². The molecular formula is C36H39Cl2N3O4S. The molecule has 242 valence electrons. The van der Waals surface area contributed by atoms with Crippen molar-refractivity contribution in [1.29, 1.82) is 0 Å². The molecule has 0 saturated carbocycles. The lowest BCUT2D eigenvalue weighted by molar-refractivity contribution is -0.140. The van der Waals surface area contributed by atoms with Gasteiger partial charge in [-0.25, -0.2) is 8.42 Å². The van der Waals surface area contributed by atoms with Crippen molar-refractivity contribution in [1.82, 2.24) is 10.2 Å². The summed E-state index contributed by atoms with van der Waals surface area (Å²) in [4.78, 5) is 29.9. The van der Waals surface area contributed by atoms with Gasteiger partial charge in [0.1, 0.15) is 12.6 Å². The molecule has 7 nitrogen and oxygen atoms in total. The Hall–Kier alpha value is -3.85. The number of hydrogen-bond acceptors (Lipinski definition) is 4. The lowest BCUT2D eigenvalue weighted by Crippen LogP contribution is -2.53. The quantitative estimate of drug-likeness (QED) is 0.141. The molecular weight excluding hydrogens is 641 g/mol. The standard InChI is InChI=1S/C36H39Cl2N3O4S/c1-4-5-20-39-36(43)34(22-28-12-8-6-9-13-28)40(24-29-17-18-30(37)23-33(29)38)35(42)25-41(31-19-16-26(2)27(3)21-31)46(44,45)32-14-10-7-11-15-32/h6-19,21,23,34H,4-5,20,22,24-25H2,1-3H3,(H,39,43). The van der Waals surface area contributed by atoms with E-state index < -0.39 is 28.5 Å². The van der Waals surface area contributed by atoms with Crippen LogP contribution in [0.2, 0.25) is 10.0 Å². The molecule has 0 aromatic heterocycles. The minimum atomic E-state index is -4.18. The van der Waals surface area contributed by atoms with Crippen LogP contribution in [0.15, 0.2) is 102 Å². The Morgan fingerprint density at radius 2 is 1.52 bits per heavy atom. The summed E-state index contributed by atoms with van der Waals surface area (Å²) < 4.78 is 29.4. The number of anilines is 1. The molecule has 0 saturated heterocycles. The first-order valence-corrected chi connectivity index (χ1v) is 17.4. The van der Waals surface area contributed by atoms with Crippen molar-refractivity contribution in [2.24, 2.45) is 0 Å². The minimum absolute atomic E-state index is 0.0420. The Morgan fingerprint density at radius 3 is 2.15 bits per heavy atom. The van der Waals surface area contributed by atoms with E-state index in [1.807, 2.05) is 57.2 Å². The van der Waals surface area contributed by atoms with Crippen LogP contribution in [0.1, 0.15) is 42.0 Å². The lowest BCUT2D eigenvalue weighted by Gasteiger charge is -2.34. The van der Waals surface area contributed by atoms with Gasteiger partial charge < -0.3 is 10.2 Å². The summed E-state index contributed by atoms with van der Waals surface area (Å²) in [5.74, 6) is -0.894. The van der Waals surface area contributed by atoms with Crippen LogP contribution in [-0.2, 0) is 32.6 Å². The molecule has 2 amide bonds. The van der Waals surface area contributed by atoms with E-state index in [1.165, 1.54) is 17.0 Å². The molecule has 4 rings (SSSR count). The number of rotatable bonds is 14. The molecule has 1 N–H and O–H groups in total. The van der Waals surface area contributed by atoms with Gasteiger partial charge in [0, 0.05) is 29.6 Å². The summed E-state index contributed by atoms with van der Waals surface area (Å²) in [7, 11) is -4.18. The van der Waals surface area contributed by atoms with Crippen molar-refractivity contribution in [3.63, 3.8) is 0 Å². The van der Waals surface area contributed by atoms with Gasteiger partial charge in [-0.3, -0.25) is 13.9 Å². The van der Waals surface area contributed by atoms with E-state index in [0.29, 0.717) is 27.8 Å². The summed E-state index contributed by atoms with van der Waals surface area (Å²) in [6, 6.07) is 26.7. The summed E-state index contributed by atoms with van der Waals surface area (Å²) in [6.07, 6.45) is 1.87. The molecule has 0 fully saturated rings. The van der Waals surface area contributed by atoms with Crippen molar-refractivity contribution < 1.29 is 18.0 Å². The second kappa shape index (κ2) is 16.1. The second-order valence-corrected chi connectivity index (χ2v) is 13.9. The first-order valence-electron chi connectivity index (χ1n) is 15.2. The van der Waals surface area contributed by atoms with Crippen molar-refractivity contribution >= 4 is 50.7 Å². The number of aryl methyl sites for hydroxylation is 2. The summed E-state index contributed by atoms with van der Waals surface area (Å²) in [6.45, 7) is 5.71. The molecule has 4 aromatic rings. The number of benzene rings is 4. The van der Waals surface area contributed by atoms with Crippen molar-refractivity contribution in [2.75, 3.05) is 17.4 Å². The van der Waals surface area contributed by atoms with Gasteiger partial charge in [0.25, 0.3) is 10.0 Å². The zero-order valence-corrected chi connectivity index (χ0v) is 28.6. The molecule has 0 radical (unpaired) electrons. The van der Waals surface area contributed by atoms with E-state index in [-0.39, 0.29) is 23.8 Å². The molecule has 0 spiro atoms. The van der Waals surface area contributed by atoms with E-state index in [9.17, 15) is 18.0 Å². The number of nitrogens with one attached hydrogen (secondary N) is 1. The zero-order valence-electron chi connectivity index (χ0n) is 26.2. The molecule has 10 heteroatoms. The molecule has 0 aliphatic carbocycles. The highest BCUT2D eigenvalue weighted by atomic mass is 35.5. The van der Waals surface area contributed by atoms with E-state index in [4.69, 9.17) is 23.2 Å². The highest BCUT2D eigenvalue weighted by Crippen LogP contribution is 2.28. The fourth-order valence-electron chi connectivity index (χ4n) is 5.02. The molecule has 1 unspecified atom stereocenters. The third-order valence-corrected chi connectivity index (χ3v) is 10.2. The van der Waals surface area contributed by atoms with E-state index in [0.717, 1.165) is 33.8 Å². The number of carbonyl (C=O) groups excluding carboxylic acids is 2. The topological polar surface area (TPSA) is 86.8 Å². The molecule has 1 atom stereocenters. The van der Waals surface area contributed by atoms with Gasteiger partial charge in [-0.1, -0.05) is 97.2 Å². The Balaban J connectivity index is 1.82. The van der Waals surface area contributed by atoms with Crippen LogP contribution in [0.25, 0.3) is 0 Å². The smallest absolute Gasteiger partial charge is 0.264 e. The predicted octanol–water partition coefficient (Wildman–Crippen LogP) is 7.36. The fraction of sp³-hybridized carbons (Fsp3) is 0.278. The van der Waals surface area contributed by atoms with Gasteiger partial charge >= 0.3 is 0 Å². The number of hydrogen-bond donors (Lipinski definition) is 1. The van der Waals surface area contributed by atoms with Gasteiger partial charge in [0.05, 0.1) is 10.6 Å². The number of unbranched alkanes of at least 4 members (excludes halogenated alkanes) is 1. The fourth-order valence-corrected chi connectivity index (χ4v) is 6.92. The SMILES string of the molecule is CCCCNC(=O)C(Cc1ccccc1)N(Cc1ccc(Cl)cc1Cl)C(=O)CN(c1ccc(C)c(C)c1)S(=O)(=O)c1ccccc1. The van der Waals surface area contributed by atoms with Gasteiger partial charge in [-0.05, 0) is 78.9 Å². The van der Waals surface area contributed by atoms with Gasteiger partial charge in [-0.15, -0.1) is 0 Å². The van der Waals surface area contributed by atoms with Gasteiger partial charge in [-0.2, -0.15) is 0 Å². The van der Waals surface area contributed by atoms with E-state index in [2.05, 4.69) is 5.32 Å². The van der Waals surface area contributed by atoms with Crippen molar-refractivity contribution in [3.8, 4) is 0 Å². The number of sulfonamides is 1. The Bertz CT molecular complexity index is 1750. The second-order valence-electron chi connectivity index (χ2n) is 11.2. The average Bonchev–Trinajstić information content (AvgIpc) is 3.04. The Kier molecular flexibility index (Phi) is 12.3. The predicted molar refractivity (Wildman–Crippen MR) is 186 cm³/mol. The van der Waals surface area contributed by atoms with Crippen LogP contribution in [-0.4, -0.2) is 44.3 Å². The highest BCUT2D eigenvalue weighted by molar-refractivity contribution is 7.92. The molecule has 0 heterocycles. The number of nitrogens with zero attached hydrogens (tertiary/aromatic N) is 2. The average molecular weight is 681 g/mol. The van der Waals surface area contributed by atoms with Crippen LogP contribution in [0.4, 0.5) is 5.69 Å². The molecule has 0 bridgehead atoms. The molecule has 0 aliphatic rings. The minimum Gasteiger partial charge on any atom is -0.354 e. The third kappa shape index (κ3) is 8.90. The van der Waals surface area contributed by atoms with Gasteiger partial charge in [0.15, 0.2) is 0 Å². The number of amides is 2. The maximum Gasteiger partial charge on any atom is 0.264 e. The zero-order chi connectivity index (χ0) is 33.3. The summed E-state index contributed by atoms with van der Waals surface area (Å²) >= 11 is 12.8. The lowest BCUT2D eigenvalue weighted by atomic mass is 10.0. The number of halogens is 2. The van der Waals surface area contributed by atoms with Crippen LogP contribution in [0.5, 0.6) is 0 Å². The molecule has 4 aromatic carbocycles. The monoisotopic (exact) mass is 679 g/mol. The first kappa shape index (κ1) is 35.0. The van der Waals surface area contributed by atoms with Crippen molar-refractivity contribution in [3.05, 3.63) is 129 Å². The maximum atomic E-state index is 14.6. The Labute approximate surface area is 282 Å². The normalized spacial score (nSPS) is 11.9. The first-order chi connectivity index (χ1) is 22.0. The van der Waals surface area contributed by atoms with Gasteiger partial charge in [0.2, 0.25) is 11.8 Å². The number of carbonyl (C=O) groups is 2. The highest BCUT2D eigenvalue weighted by Gasteiger charge is 2.35. The van der Waals surface area contributed by atoms with Crippen LogP contribution in [0, 0.1) is 13.8 Å². The summed E-state index contributed by atoms with van der Waals surface area (Å²) in [5.41, 5.74) is 3.62. The van der Waals surface area contributed by atoms with Crippen molar-refractivity contribution in [2.45, 2.75) is 57.5 Å². The largest absolute Gasteiger partial charge is 0.354 e. The molecule has 46 heavy (non-hydrogen) atoms. The molecule has 0 aliphatic heterocycles. The maximum absolute atomic E-state index is 14.6.